The molecule has 0 unspecified atom stereocenters. The highest BCUT2D eigenvalue weighted by Crippen LogP contribution is 2.38. The molecule has 0 aliphatic rings. The van der Waals surface area contributed by atoms with Gasteiger partial charge in [0.05, 0.1) is 30.1 Å². The zero-order valence-corrected chi connectivity index (χ0v) is 17.7. The lowest BCUT2D eigenvalue weighted by molar-refractivity contribution is -0.154. The fourth-order valence-corrected chi connectivity index (χ4v) is 3.07. The first kappa shape index (κ1) is 22.9. The van der Waals surface area contributed by atoms with Gasteiger partial charge in [-0.1, -0.05) is 18.2 Å². The molecule has 0 amide bonds. The van der Waals surface area contributed by atoms with Gasteiger partial charge in [0.1, 0.15) is 11.3 Å². The Balaban J connectivity index is 1.70. The number of ether oxygens (including phenoxy) is 3. The summed E-state index contributed by atoms with van der Waals surface area (Å²) in [6.07, 6.45) is -2.51. The van der Waals surface area contributed by atoms with Gasteiger partial charge in [-0.25, -0.2) is 9.48 Å². The Labute approximate surface area is 190 Å². The maximum atomic E-state index is 13.7. The molecule has 4 rings (SSSR count). The quantitative estimate of drug-likeness (QED) is 0.358. The van der Waals surface area contributed by atoms with E-state index in [4.69, 9.17) is 18.6 Å². The van der Waals surface area contributed by atoms with Crippen molar-refractivity contribution in [3.63, 3.8) is 0 Å². The smallest absolute Gasteiger partial charge is 0.453 e. The van der Waals surface area contributed by atoms with Crippen LogP contribution in [-0.4, -0.2) is 29.0 Å². The van der Waals surface area contributed by atoms with E-state index in [9.17, 15) is 22.8 Å². The molecule has 0 saturated heterocycles. The van der Waals surface area contributed by atoms with Gasteiger partial charge in [-0.05, 0) is 31.2 Å². The first-order valence-corrected chi connectivity index (χ1v) is 10.0. The molecule has 4 aromatic rings. The van der Waals surface area contributed by atoms with Crippen molar-refractivity contribution in [3.05, 3.63) is 76.9 Å². The average Bonchev–Trinajstić information content (AvgIpc) is 3.28. The van der Waals surface area contributed by atoms with E-state index in [1.165, 1.54) is 29.2 Å². The van der Waals surface area contributed by atoms with Gasteiger partial charge in [-0.3, -0.25) is 4.79 Å². The van der Waals surface area contributed by atoms with Gasteiger partial charge in [0.15, 0.2) is 12.4 Å². The first-order chi connectivity index (χ1) is 16.3. The summed E-state index contributed by atoms with van der Waals surface area (Å²) >= 11 is 0. The number of hydrogen-bond acceptors (Lipinski definition) is 7. The third-order valence-electron chi connectivity index (χ3n) is 4.54. The third-order valence-corrected chi connectivity index (χ3v) is 4.54. The minimum Gasteiger partial charge on any atom is -0.482 e. The van der Waals surface area contributed by atoms with Crippen molar-refractivity contribution in [2.75, 3.05) is 13.2 Å². The van der Waals surface area contributed by atoms with Crippen molar-refractivity contribution in [2.45, 2.75) is 13.1 Å². The summed E-state index contributed by atoms with van der Waals surface area (Å²) in [5.41, 5.74) is -0.765. The average molecular weight is 474 g/mol. The summed E-state index contributed by atoms with van der Waals surface area (Å²) in [6.45, 7) is 1.31. The zero-order chi connectivity index (χ0) is 24.3. The molecule has 0 aliphatic carbocycles. The van der Waals surface area contributed by atoms with Crippen molar-refractivity contribution >= 4 is 16.9 Å². The van der Waals surface area contributed by atoms with E-state index in [0.717, 1.165) is 6.07 Å². The third kappa shape index (κ3) is 4.87. The molecule has 0 bridgehead atoms. The highest BCUT2D eigenvalue weighted by atomic mass is 19.4. The number of aromatic nitrogens is 2. The number of hydrogen-bond donors (Lipinski definition) is 0. The van der Waals surface area contributed by atoms with E-state index in [2.05, 4.69) is 5.10 Å². The van der Waals surface area contributed by atoms with Gasteiger partial charge in [-0.15, -0.1) is 0 Å². The number of benzene rings is 2. The number of carbonyl (C=O) groups is 1. The Bertz CT molecular complexity index is 1380. The van der Waals surface area contributed by atoms with Gasteiger partial charge in [0.2, 0.25) is 11.2 Å². The molecule has 0 aliphatic heterocycles. The van der Waals surface area contributed by atoms with E-state index >= 15 is 0 Å². The number of alkyl halides is 3. The molecule has 2 aromatic carbocycles. The summed E-state index contributed by atoms with van der Waals surface area (Å²) in [7, 11) is 0. The largest absolute Gasteiger partial charge is 0.482 e. The fraction of sp³-hybridized carbons (Fsp3) is 0.174. The molecular formula is C23H17F3N2O6. The maximum absolute atomic E-state index is 13.7. The normalized spacial score (nSPS) is 11.4. The first-order valence-electron chi connectivity index (χ1n) is 10.0. The van der Waals surface area contributed by atoms with Crippen LogP contribution in [0.3, 0.4) is 0 Å². The van der Waals surface area contributed by atoms with Gasteiger partial charge < -0.3 is 18.6 Å². The van der Waals surface area contributed by atoms with E-state index in [1.54, 1.807) is 37.3 Å². The van der Waals surface area contributed by atoms with Crippen LogP contribution in [0.4, 0.5) is 13.2 Å². The minimum atomic E-state index is -5.03. The number of halogens is 3. The van der Waals surface area contributed by atoms with Gasteiger partial charge in [0, 0.05) is 6.07 Å². The summed E-state index contributed by atoms with van der Waals surface area (Å²) < 4.78 is 62.9. The molecule has 2 aromatic heterocycles. The Hall–Kier alpha value is -4.28. The van der Waals surface area contributed by atoms with Crippen molar-refractivity contribution in [2.24, 2.45) is 0 Å². The van der Waals surface area contributed by atoms with Crippen molar-refractivity contribution in [1.82, 2.24) is 9.78 Å². The Morgan fingerprint density at radius 1 is 1.12 bits per heavy atom. The number of fused-ring (bicyclic) bond motifs is 1. The summed E-state index contributed by atoms with van der Waals surface area (Å²) in [6, 6.07) is 12.4. The summed E-state index contributed by atoms with van der Waals surface area (Å²) in [5.74, 6) is -3.35. The number of para-hydroxylation sites is 1. The Morgan fingerprint density at radius 3 is 2.59 bits per heavy atom. The molecule has 176 valence electrons. The van der Waals surface area contributed by atoms with Crippen molar-refractivity contribution in [3.8, 4) is 22.9 Å². The van der Waals surface area contributed by atoms with Gasteiger partial charge >= 0.3 is 12.1 Å². The van der Waals surface area contributed by atoms with E-state index in [-0.39, 0.29) is 29.1 Å². The Kier molecular flexibility index (Phi) is 6.26. The van der Waals surface area contributed by atoms with E-state index < -0.39 is 35.7 Å². The molecule has 0 spiro atoms. The number of carbonyl (C=O) groups excluding carboxylic acids is 1. The molecule has 34 heavy (non-hydrogen) atoms. The molecule has 0 radical (unpaired) electrons. The Morgan fingerprint density at radius 2 is 1.88 bits per heavy atom. The van der Waals surface area contributed by atoms with Crippen LogP contribution >= 0.6 is 0 Å². The topological polar surface area (TPSA) is 92.8 Å². The molecule has 11 heteroatoms. The van der Waals surface area contributed by atoms with Crippen molar-refractivity contribution in [1.29, 1.82) is 0 Å². The van der Waals surface area contributed by atoms with Crippen LogP contribution in [0.1, 0.15) is 12.7 Å². The lowest BCUT2D eigenvalue weighted by Gasteiger charge is -2.13. The van der Waals surface area contributed by atoms with Crippen LogP contribution in [0.2, 0.25) is 0 Å². The van der Waals surface area contributed by atoms with Gasteiger partial charge in [0.25, 0.3) is 5.76 Å². The standard InChI is InChI=1S/C23H17F3N2O6/c1-2-31-19(29)13-32-15-8-9-17-18(10-15)34-22(23(24,25)26)21(20(17)30)33-16-11-27-28(12-16)14-6-4-3-5-7-14/h3-12H,2,13H2,1H3. The molecule has 0 saturated carbocycles. The van der Waals surface area contributed by atoms with Crippen LogP contribution in [0.5, 0.6) is 17.2 Å². The second-order valence-corrected chi connectivity index (χ2v) is 6.90. The number of rotatable bonds is 7. The monoisotopic (exact) mass is 474 g/mol. The highest BCUT2D eigenvalue weighted by Gasteiger charge is 2.40. The molecular weight excluding hydrogens is 457 g/mol. The molecule has 2 heterocycles. The van der Waals surface area contributed by atoms with Gasteiger partial charge in [-0.2, -0.15) is 18.3 Å². The van der Waals surface area contributed by atoms with E-state index in [1.807, 2.05) is 0 Å². The SMILES string of the molecule is CCOC(=O)COc1ccc2c(=O)c(Oc3cnn(-c4ccccc4)c3)c(C(F)(F)F)oc2c1. The minimum absolute atomic E-state index is 0.0228. The summed E-state index contributed by atoms with van der Waals surface area (Å²) in [5, 5.41) is 3.88. The maximum Gasteiger partial charge on any atom is 0.453 e. The van der Waals surface area contributed by atoms with E-state index in [0.29, 0.717) is 5.69 Å². The fourth-order valence-electron chi connectivity index (χ4n) is 3.07. The molecule has 0 fully saturated rings. The summed E-state index contributed by atoms with van der Waals surface area (Å²) in [4.78, 5) is 24.3. The lowest BCUT2D eigenvalue weighted by atomic mass is 10.2. The van der Waals surface area contributed by atoms with Crippen LogP contribution in [-0.2, 0) is 15.7 Å². The van der Waals surface area contributed by atoms with Crippen LogP contribution in [0, 0.1) is 0 Å². The second-order valence-electron chi connectivity index (χ2n) is 6.90. The van der Waals surface area contributed by atoms with Crippen LogP contribution in [0.25, 0.3) is 16.7 Å². The number of esters is 1. The zero-order valence-electron chi connectivity index (χ0n) is 17.7. The van der Waals surface area contributed by atoms with Crippen molar-refractivity contribution < 1.29 is 36.6 Å². The second kappa shape index (κ2) is 9.30. The predicted molar refractivity (Wildman–Crippen MR) is 113 cm³/mol. The van der Waals surface area contributed by atoms with Crippen LogP contribution < -0.4 is 14.9 Å². The molecule has 0 atom stereocenters. The predicted octanol–water partition coefficient (Wildman–Crippen LogP) is 4.73. The lowest BCUT2D eigenvalue weighted by Crippen LogP contribution is -2.16. The highest BCUT2D eigenvalue weighted by molar-refractivity contribution is 5.80. The molecule has 8 nitrogen and oxygen atoms in total. The van der Waals surface area contributed by atoms with Crippen LogP contribution in [0.15, 0.2) is 70.1 Å². The number of nitrogens with zero attached hydrogens (tertiary/aromatic N) is 2. The molecule has 0 N–H and O–H groups in total.